The molecule has 3 nitrogen and oxygen atoms in total. The summed E-state index contributed by atoms with van der Waals surface area (Å²) in [5, 5.41) is 12.0. The molecule has 3 heteroatoms. The lowest BCUT2D eigenvalue weighted by Gasteiger charge is -2.33. The minimum absolute atomic E-state index is 0.367. The predicted molar refractivity (Wildman–Crippen MR) is 59.2 cm³/mol. The molecule has 1 fully saturated rings. The van der Waals surface area contributed by atoms with Gasteiger partial charge in [0, 0.05) is 6.04 Å². The number of rotatable bonds is 5. The number of piperidine rings is 1. The van der Waals surface area contributed by atoms with E-state index in [0.29, 0.717) is 0 Å². The third-order valence-electron chi connectivity index (χ3n) is 3.00. The minimum Gasteiger partial charge on any atom is -0.379 e. The molecule has 2 N–H and O–H groups in total. The standard InChI is InChI=1S/C11H24N2O/c1-10-6-3-4-8-13(10)9-5-7-12-11(2)14/h10-12,14H,3-9H2,1-2H3. The Hall–Kier alpha value is -0.120. The van der Waals surface area contributed by atoms with Gasteiger partial charge in [0.15, 0.2) is 0 Å². The zero-order chi connectivity index (χ0) is 10.4. The molecule has 0 spiro atoms. The van der Waals surface area contributed by atoms with E-state index in [0.717, 1.165) is 19.0 Å². The maximum atomic E-state index is 9.02. The van der Waals surface area contributed by atoms with E-state index in [2.05, 4.69) is 17.1 Å². The molecule has 2 unspecified atom stereocenters. The van der Waals surface area contributed by atoms with Crippen molar-refractivity contribution in [1.29, 1.82) is 0 Å². The number of likely N-dealkylation sites (tertiary alicyclic amines) is 1. The first kappa shape index (κ1) is 12.0. The summed E-state index contributed by atoms with van der Waals surface area (Å²) >= 11 is 0. The van der Waals surface area contributed by atoms with E-state index in [4.69, 9.17) is 5.11 Å². The number of aliphatic hydroxyl groups is 1. The highest BCUT2D eigenvalue weighted by Crippen LogP contribution is 2.15. The van der Waals surface area contributed by atoms with Crippen molar-refractivity contribution >= 4 is 0 Å². The van der Waals surface area contributed by atoms with Crippen LogP contribution in [0.2, 0.25) is 0 Å². The second kappa shape index (κ2) is 6.38. The fourth-order valence-electron chi connectivity index (χ4n) is 2.08. The summed E-state index contributed by atoms with van der Waals surface area (Å²) in [6.07, 6.45) is 4.87. The molecule has 1 aliphatic heterocycles. The fourth-order valence-corrected chi connectivity index (χ4v) is 2.08. The normalized spacial score (nSPS) is 26.4. The second-order valence-electron chi connectivity index (χ2n) is 4.36. The molecular weight excluding hydrogens is 176 g/mol. The van der Waals surface area contributed by atoms with Crippen molar-refractivity contribution < 1.29 is 5.11 Å². The third-order valence-corrected chi connectivity index (χ3v) is 3.00. The van der Waals surface area contributed by atoms with Crippen molar-refractivity contribution in [2.24, 2.45) is 0 Å². The van der Waals surface area contributed by atoms with E-state index in [1.807, 2.05) is 0 Å². The van der Waals surface area contributed by atoms with Gasteiger partial charge in [0.05, 0.1) is 0 Å². The zero-order valence-corrected chi connectivity index (χ0v) is 9.50. The lowest BCUT2D eigenvalue weighted by molar-refractivity contribution is 0.140. The number of hydrogen-bond acceptors (Lipinski definition) is 3. The molecule has 1 heterocycles. The molecule has 1 aliphatic rings. The molecule has 0 aromatic rings. The number of aliphatic hydroxyl groups excluding tert-OH is 1. The topological polar surface area (TPSA) is 35.5 Å². The summed E-state index contributed by atoms with van der Waals surface area (Å²) in [6.45, 7) is 7.43. The van der Waals surface area contributed by atoms with Crippen LogP contribution in [-0.2, 0) is 0 Å². The summed E-state index contributed by atoms with van der Waals surface area (Å²) < 4.78 is 0. The highest BCUT2D eigenvalue weighted by molar-refractivity contribution is 4.72. The van der Waals surface area contributed by atoms with Crippen LogP contribution in [-0.4, -0.2) is 41.9 Å². The van der Waals surface area contributed by atoms with Crippen molar-refractivity contribution in [3.8, 4) is 0 Å². The highest BCUT2D eigenvalue weighted by Gasteiger charge is 2.16. The Labute approximate surface area is 87.5 Å². The van der Waals surface area contributed by atoms with Crippen molar-refractivity contribution in [2.75, 3.05) is 19.6 Å². The smallest absolute Gasteiger partial charge is 0.102 e. The van der Waals surface area contributed by atoms with Gasteiger partial charge in [-0.15, -0.1) is 0 Å². The Bertz CT molecular complexity index is 150. The average Bonchev–Trinajstić information content (AvgIpc) is 2.15. The molecule has 2 atom stereocenters. The van der Waals surface area contributed by atoms with Gasteiger partial charge in [-0.3, -0.25) is 5.32 Å². The van der Waals surface area contributed by atoms with Crippen LogP contribution in [0.15, 0.2) is 0 Å². The molecule has 0 aromatic carbocycles. The van der Waals surface area contributed by atoms with Crippen molar-refractivity contribution in [3.05, 3.63) is 0 Å². The van der Waals surface area contributed by atoms with Gasteiger partial charge in [0.25, 0.3) is 0 Å². The minimum atomic E-state index is -0.367. The quantitative estimate of drug-likeness (QED) is 0.517. The molecule has 0 aromatic heterocycles. The lowest BCUT2D eigenvalue weighted by Crippen LogP contribution is -2.39. The molecule has 0 amide bonds. The van der Waals surface area contributed by atoms with Gasteiger partial charge < -0.3 is 10.0 Å². The van der Waals surface area contributed by atoms with E-state index in [1.165, 1.54) is 32.4 Å². The first-order chi connectivity index (χ1) is 6.70. The first-order valence-corrected chi connectivity index (χ1v) is 5.85. The number of nitrogens with one attached hydrogen (secondary N) is 1. The van der Waals surface area contributed by atoms with Crippen LogP contribution in [0.1, 0.15) is 39.5 Å². The maximum Gasteiger partial charge on any atom is 0.102 e. The first-order valence-electron chi connectivity index (χ1n) is 5.85. The largest absolute Gasteiger partial charge is 0.379 e. The van der Waals surface area contributed by atoms with Gasteiger partial charge >= 0.3 is 0 Å². The molecule has 0 aliphatic carbocycles. The van der Waals surface area contributed by atoms with Crippen molar-refractivity contribution in [2.45, 2.75) is 51.8 Å². The molecular formula is C11H24N2O. The Morgan fingerprint density at radius 1 is 1.50 bits per heavy atom. The van der Waals surface area contributed by atoms with Crippen LogP contribution < -0.4 is 5.32 Å². The molecule has 0 radical (unpaired) electrons. The molecule has 0 bridgehead atoms. The van der Waals surface area contributed by atoms with E-state index in [1.54, 1.807) is 6.92 Å². The van der Waals surface area contributed by atoms with Crippen LogP contribution in [0, 0.1) is 0 Å². The maximum absolute atomic E-state index is 9.02. The van der Waals surface area contributed by atoms with Crippen LogP contribution in [0.3, 0.4) is 0 Å². The average molecular weight is 200 g/mol. The summed E-state index contributed by atoms with van der Waals surface area (Å²) in [5.41, 5.74) is 0. The predicted octanol–water partition coefficient (Wildman–Crippen LogP) is 1.18. The third kappa shape index (κ3) is 4.40. The van der Waals surface area contributed by atoms with Gasteiger partial charge in [-0.1, -0.05) is 6.42 Å². The second-order valence-corrected chi connectivity index (χ2v) is 4.36. The van der Waals surface area contributed by atoms with Gasteiger partial charge in [-0.2, -0.15) is 0 Å². The van der Waals surface area contributed by atoms with Gasteiger partial charge in [0.1, 0.15) is 6.23 Å². The highest BCUT2D eigenvalue weighted by atomic mass is 16.3. The van der Waals surface area contributed by atoms with E-state index < -0.39 is 0 Å². The Balaban J connectivity index is 2.04. The Kier molecular flexibility index (Phi) is 5.45. The number of hydrogen-bond donors (Lipinski definition) is 2. The summed E-state index contributed by atoms with van der Waals surface area (Å²) in [7, 11) is 0. The monoisotopic (exact) mass is 200 g/mol. The summed E-state index contributed by atoms with van der Waals surface area (Å²) in [6, 6.07) is 0.760. The molecule has 1 rings (SSSR count). The molecule has 0 saturated carbocycles. The van der Waals surface area contributed by atoms with E-state index >= 15 is 0 Å². The Morgan fingerprint density at radius 3 is 2.93 bits per heavy atom. The fraction of sp³-hybridized carbons (Fsp3) is 1.00. The summed E-state index contributed by atoms with van der Waals surface area (Å²) in [5.74, 6) is 0. The SMILES string of the molecule is CC(O)NCCCN1CCCCC1C. The molecule has 84 valence electrons. The Morgan fingerprint density at radius 2 is 2.29 bits per heavy atom. The zero-order valence-electron chi connectivity index (χ0n) is 9.50. The molecule has 14 heavy (non-hydrogen) atoms. The number of nitrogens with zero attached hydrogens (tertiary/aromatic N) is 1. The van der Waals surface area contributed by atoms with Crippen LogP contribution >= 0.6 is 0 Å². The summed E-state index contributed by atoms with van der Waals surface area (Å²) in [4.78, 5) is 2.56. The van der Waals surface area contributed by atoms with Crippen molar-refractivity contribution in [3.63, 3.8) is 0 Å². The van der Waals surface area contributed by atoms with Gasteiger partial charge in [0.2, 0.25) is 0 Å². The van der Waals surface area contributed by atoms with Crippen LogP contribution in [0.5, 0.6) is 0 Å². The van der Waals surface area contributed by atoms with Crippen molar-refractivity contribution in [1.82, 2.24) is 10.2 Å². The lowest BCUT2D eigenvalue weighted by atomic mass is 10.0. The van der Waals surface area contributed by atoms with Gasteiger partial charge in [-0.25, -0.2) is 0 Å². The van der Waals surface area contributed by atoms with E-state index in [-0.39, 0.29) is 6.23 Å². The van der Waals surface area contributed by atoms with Gasteiger partial charge in [-0.05, 0) is 52.7 Å². The molecule has 1 saturated heterocycles. The van der Waals surface area contributed by atoms with Crippen LogP contribution in [0.4, 0.5) is 0 Å². The van der Waals surface area contributed by atoms with Crippen LogP contribution in [0.25, 0.3) is 0 Å². The van der Waals surface area contributed by atoms with E-state index in [9.17, 15) is 0 Å².